The highest BCUT2D eigenvalue weighted by molar-refractivity contribution is 5.95. The summed E-state index contributed by atoms with van der Waals surface area (Å²) in [5, 5.41) is 2.84. The largest absolute Gasteiger partial charge is 0.399 e. The van der Waals surface area contributed by atoms with Crippen molar-refractivity contribution in [1.82, 2.24) is 5.32 Å². The number of benzene rings is 2. The summed E-state index contributed by atoms with van der Waals surface area (Å²) in [6.45, 7) is 3.67. The van der Waals surface area contributed by atoms with Crippen molar-refractivity contribution in [2.75, 3.05) is 5.73 Å². The van der Waals surface area contributed by atoms with Crippen LogP contribution in [-0.2, 0) is 0 Å². The number of hydrogen-bond donors (Lipinski definition) is 2. The van der Waals surface area contributed by atoms with E-state index in [1.165, 1.54) is 12.1 Å². The second kappa shape index (κ2) is 5.74. The van der Waals surface area contributed by atoms with Crippen molar-refractivity contribution in [3.63, 3.8) is 0 Å². The molecule has 2 aromatic rings. The van der Waals surface area contributed by atoms with Gasteiger partial charge >= 0.3 is 0 Å². The smallest absolute Gasteiger partial charge is 0.251 e. The van der Waals surface area contributed by atoms with Gasteiger partial charge in [0.15, 0.2) is 0 Å². The molecule has 0 aliphatic heterocycles. The Bertz CT molecular complexity index is 640. The van der Waals surface area contributed by atoms with Gasteiger partial charge in [0.2, 0.25) is 0 Å². The standard InChI is InChI=1S/C16H17FN2O/c1-10-8-13(6-7-15(10)18)16(20)19-11(2)12-4-3-5-14(17)9-12/h3-9,11H,18H2,1-2H3,(H,19,20)/t11-/m0/s1. The predicted octanol–water partition coefficient (Wildman–Crippen LogP) is 3.21. The van der Waals surface area contributed by atoms with Gasteiger partial charge in [-0.05, 0) is 55.3 Å². The quantitative estimate of drug-likeness (QED) is 0.843. The Hall–Kier alpha value is -2.36. The summed E-state index contributed by atoms with van der Waals surface area (Å²) in [7, 11) is 0. The Balaban J connectivity index is 2.13. The van der Waals surface area contributed by atoms with Crippen LogP contribution in [0.25, 0.3) is 0 Å². The lowest BCUT2D eigenvalue weighted by atomic mass is 10.1. The van der Waals surface area contributed by atoms with Gasteiger partial charge < -0.3 is 11.1 Å². The van der Waals surface area contributed by atoms with Crippen molar-refractivity contribution >= 4 is 11.6 Å². The van der Waals surface area contributed by atoms with Crippen LogP contribution in [-0.4, -0.2) is 5.91 Å². The molecule has 20 heavy (non-hydrogen) atoms. The van der Waals surface area contributed by atoms with Crippen molar-refractivity contribution < 1.29 is 9.18 Å². The molecule has 3 N–H and O–H groups in total. The number of aryl methyl sites for hydroxylation is 1. The fourth-order valence-corrected chi connectivity index (χ4v) is 1.96. The van der Waals surface area contributed by atoms with Gasteiger partial charge in [0.1, 0.15) is 5.82 Å². The van der Waals surface area contributed by atoms with Crippen molar-refractivity contribution in [3.8, 4) is 0 Å². The van der Waals surface area contributed by atoms with Crippen LogP contribution in [0, 0.1) is 12.7 Å². The Morgan fingerprint density at radius 1 is 1.25 bits per heavy atom. The number of rotatable bonds is 3. The number of hydrogen-bond acceptors (Lipinski definition) is 2. The zero-order valence-corrected chi connectivity index (χ0v) is 11.5. The Labute approximate surface area is 117 Å². The summed E-state index contributed by atoms with van der Waals surface area (Å²) in [6, 6.07) is 11.1. The van der Waals surface area contributed by atoms with Gasteiger partial charge in [0, 0.05) is 11.3 Å². The number of nitrogens with two attached hydrogens (primary N) is 1. The molecule has 0 bridgehead atoms. The van der Waals surface area contributed by atoms with E-state index in [9.17, 15) is 9.18 Å². The molecule has 2 aromatic carbocycles. The van der Waals surface area contributed by atoms with Gasteiger partial charge in [-0.25, -0.2) is 4.39 Å². The van der Waals surface area contributed by atoms with Crippen molar-refractivity contribution in [3.05, 3.63) is 65.0 Å². The average molecular weight is 272 g/mol. The number of carbonyl (C=O) groups is 1. The Morgan fingerprint density at radius 3 is 2.65 bits per heavy atom. The average Bonchev–Trinajstić information content (AvgIpc) is 2.41. The van der Waals surface area contributed by atoms with Gasteiger partial charge in [-0.2, -0.15) is 0 Å². The number of nitrogen functional groups attached to an aromatic ring is 1. The summed E-state index contributed by atoms with van der Waals surface area (Å²) < 4.78 is 13.2. The molecule has 0 fully saturated rings. The molecule has 1 atom stereocenters. The van der Waals surface area contributed by atoms with Gasteiger partial charge in [0.05, 0.1) is 6.04 Å². The highest BCUT2D eigenvalue weighted by Crippen LogP contribution is 2.16. The molecule has 0 aromatic heterocycles. The van der Waals surface area contributed by atoms with Gasteiger partial charge in [-0.1, -0.05) is 12.1 Å². The lowest BCUT2D eigenvalue weighted by Crippen LogP contribution is -2.26. The van der Waals surface area contributed by atoms with Crippen LogP contribution in [0.2, 0.25) is 0 Å². The molecular formula is C16H17FN2O. The van der Waals surface area contributed by atoms with Crippen molar-refractivity contribution in [2.24, 2.45) is 0 Å². The third kappa shape index (κ3) is 3.15. The lowest BCUT2D eigenvalue weighted by Gasteiger charge is -2.15. The molecule has 0 unspecified atom stereocenters. The first-order valence-corrected chi connectivity index (χ1v) is 6.40. The van der Waals surface area contributed by atoms with Gasteiger partial charge in [-0.15, -0.1) is 0 Å². The minimum absolute atomic E-state index is 0.204. The van der Waals surface area contributed by atoms with E-state index in [1.807, 2.05) is 13.8 Å². The van der Waals surface area contributed by atoms with Crippen LogP contribution in [0.1, 0.15) is 34.5 Å². The van der Waals surface area contributed by atoms with E-state index in [1.54, 1.807) is 30.3 Å². The first-order chi connectivity index (χ1) is 9.47. The number of nitrogens with one attached hydrogen (secondary N) is 1. The second-order valence-corrected chi connectivity index (χ2v) is 4.82. The molecule has 0 aliphatic carbocycles. The zero-order chi connectivity index (χ0) is 14.7. The van der Waals surface area contributed by atoms with Crippen molar-refractivity contribution in [1.29, 1.82) is 0 Å². The minimum Gasteiger partial charge on any atom is -0.399 e. The van der Waals surface area contributed by atoms with Crippen LogP contribution in [0.5, 0.6) is 0 Å². The highest BCUT2D eigenvalue weighted by Gasteiger charge is 2.12. The van der Waals surface area contributed by atoms with Gasteiger partial charge in [-0.3, -0.25) is 4.79 Å². The first kappa shape index (κ1) is 14.1. The zero-order valence-electron chi connectivity index (χ0n) is 11.5. The first-order valence-electron chi connectivity index (χ1n) is 6.40. The van der Waals surface area contributed by atoms with E-state index >= 15 is 0 Å². The van der Waals surface area contributed by atoms with Crippen LogP contribution in [0.15, 0.2) is 42.5 Å². The molecular weight excluding hydrogens is 255 g/mol. The topological polar surface area (TPSA) is 55.1 Å². The van der Waals surface area contributed by atoms with E-state index in [-0.39, 0.29) is 17.8 Å². The van der Waals surface area contributed by atoms with Gasteiger partial charge in [0.25, 0.3) is 5.91 Å². The van der Waals surface area contributed by atoms with Crippen LogP contribution in [0.4, 0.5) is 10.1 Å². The predicted molar refractivity (Wildman–Crippen MR) is 77.9 cm³/mol. The summed E-state index contributed by atoms with van der Waals surface area (Å²) in [4.78, 5) is 12.1. The maximum Gasteiger partial charge on any atom is 0.251 e. The monoisotopic (exact) mass is 272 g/mol. The molecule has 0 heterocycles. The molecule has 0 radical (unpaired) electrons. The van der Waals surface area contributed by atoms with E-state index in [0.29, 0.717) is 11.3 Å². The molecule has 104 valence electrons. The highest BCUT2D eigenvalue weighted by atomic mass is 19.1. The summed E-state index contributed by atoms with van der Waals surface area (Å²) in [5.41, 5.74) is 8.50. The van der Waals surface area contributed by atoms with Crippen LogP contribution >= 0.6 is 0 Å². The normalized spacial score (nSPS) is 11.9. The fraction of sp³-hybridized carbons (Fsp3) is 0.188. The number of carbonyl (C=O) groups excluding carboxylic acids is 1. The SMILES string of the molecule is Cc1cc(C(=O)N[C@@H](C)c2cccc(F)c2)ccc1N. The molecule has 4 heteroatoms. The Kier molecular flexibility index (Phi) is 4.03. The molecule has 0 spiro atoms. The van der Waals surface area contributed by atoms with Crippen LogP contribution in [0.3, 0.4) is 0 Å². The number of anilines is 1. The summed E-state index contributed by atoms with van der Waals surface area (Å²) in [6.07, 6.45) is 0. The van der Waals surface area contributed by atoms with E-state index in [0.717, 1.165) is 11.1 Å². The third-order valence-electron chi connectivity index (χ3n) is 3.23. The molecule has 0 saturated heterocycles. The maximum atomic E-state index is 13.2. The molecule has 1 amide bonds. The molecule has 0 aliphatic rings. The summed E-state index contributed by atoms with van der Waals surface area (Å²) in [5.74, 6) is -0.517. The van der Waals surface area contributed by atoms with Crippen LogP contribution < -0.4 is 11.1 Å². The molecule has 3 nitrogen and oxygen atoms in total. The maximum absolute atomic E-state index is 13.2. The van der Waals surface area contributed by atoms with E-state index in [4.69, 9.17) is 5.73 Å². The molecule has 0 saturated carbocycles. The summed E-state index contributed by atoms with van der Waals surface area (Å²) >= 11 is 0. The fourth-order valence-electron chi connectivity index (χ4n) is 1.96. The second-order valence-electron chi connectivity index (χ2n) is 4.82. The number of amides is 1. The minimum atomic E-state index is -0.313. The molecule has 2 rings (SSSR count). The third-order valence-corrected chi connectivity index (χ3v) is 3.23. The van der Waals surface area contributed by atoms with E-state index in [2.05, 4.69) is 5.32 Å². The Morgan fingerprint density at radius 2 is 2.00 bits per heavy atom. The van der Waals surface area contributed by atoms with Crippen molar-refractivity contribution in [2.45, 2.75) is 19.9 Å². The lowest BCUT2D eigenvalue weighted by molar-refractivity contribution is 0.0939. The number of halogens is 1. The van der Waals surface area contributed by atoms with E-state index < -0.39 is 0 Å².